The molecule has 8 heteroatoms. The van der Waals surface area contributed by atoms with Crippen LogP contribution in [0.25, 0.3) is 10.6 Å². The topological polar surface area (TPSA) is 64.0 Å². The Hall–Kier alpha value is -2.61. The summed E-state index contributed by atoms with van der Waals surface area (Å²) in [6.07, 6.45) is 1.56. The van der Waals surface area contributed by atoms with Gasteiger partial charge in [-0.25, -0.2) is 8.42 Å². The molecule has 0 unspecified atom stereocenters. The number of sulfonamides is 1. The van der Waals surface area contributed by atoms with E-state index in [1.165, 1.54) is 11.3 Å². The number of aromatic nitrogens is 2. The summed E-state index contributed by atoms with van der Waals surface area (Å²) >= 11 is 7.57. The van der Waals surface area contributed by atoms with Crippen LogP contribution >= 0.6 is 22.9 Å². The highest BCUT2D eigenvalue weighted by Gasteiger charge is 2.25. The van der Waals surface area contributed by atoms with E-state index in [1.807, 2.05) is 47.8 Å². The lowest BCUT2D eigenvalue weighted by molar-refractivity contribution is 0.601. The Balaban J connectivity index is 1.75. The van der Waals surface area contributed by atoms with E-state index in [0.717, 1.165) is 10.4 Å². The van der Waals surface area contributed by atoms with Crippen molar-refractivity contribution in [3.05, 3.63) is 88.9 Å². The summed E-state index contributed by atoms with van der Waals surface area (Å²) in [5, 5.41) is 6.78. The first-order valence-corrected chi connectivity index (χ1v) is 11.2. The standard InChI is InChI=1S/C20H16ClN3O2S2/c21-16-9-4-5-10-17(16)23-28(25,26)19-14-24(13-15-7-2-1-3-8-15)22-20(19)18-11-6-12-27-18/h1-12,14,23H,13H2. The van der Waals surface area contributed by atoms with Gasteiger partial charge in [-0.15, -0.1) is 11.3 Å². The van der Waals surface area contributed by atoms with Gasteiger partial charge < -0.3 is 0 Å². The van der Waals surface area contributed by atoms with Gasteiger partial charge in [-0.1, -0.05) is 60.1 Å². The van der Waals surface area contributed by atoms with Gasteiger partial charge in [-0.3, -0.25) is 9.40 Å². The normalized spacial score (nSPS) is 11.5. The van der Waals surface area contributed by atoms with Crippen LogP contribution in [0.2, 0.25) is 5.02 Å². The zero-order valence-corrected chi connectivity index (χ0v) is 17.0. The van der Waals surface area contributed by atoms with Crippen molar-refractivity contribution in [3.8, 4) is 10.6 Å². The number of rotatable bonds is 6. The Labute approximate surface area is 172 Å². The molecule has 4 rings (SSSR count). The second-order valence-corrected chi connectivity index (χ2v) is 9.09. The second kappa shape index (κ2) is 7.79. The highest BCUT2D eigenvalue weighted by atomic mass is 35.5. The minimum Gasteiger partial charge on any atom is -0.278 e. The largest absolute Gasteiger partial charge is 0.278 e. The smallest absolute Gasteiger partial charge is 0.265 e. The fourth-order valence-electron chi connectivity index (χ4n) is 2.78. The average Bonchev–Trinajstić information content (AvgIpc) is 3.34. The molecular weight excluding hydrogens is 414 g/mol. The molecule has 1 N–H and O–H groups in total. The molecule has 0 aliphatic carbocycles. The number of nitrogens with one attached hydrogen (secondary N) is 1. The van der Waals surface area contributed by atoms with Gasteiger partial charge >= 0.3 is 0 Å². The van der Waals surface area contributed by atoms with Crippen molar-refractivity contribution < 1.29 is 8.42 Å². The predicted molar refractivity (Wildman–Crippen MR) is 113 cm³/mol. The fourth-order valence-corrected chi connectivity index (χ4v) is 5.05. The third-order valence-electron chi connectivity index (χ3n) is 4.08. The Kier molecular flexibility index (Phi) is 5.21. The number of hydrogen-bond acceptors (Lipinski definition) is 4. The van der Waals surface area contributed by atoms with Crippen LogP contribution in [0.1, 0.15) is 5.56 Å². The molecule has 0 aliphatic rings. The number of anilines is 1. The first-order valence-electron chi connectivity index (χ1n) is 8.45. The van der Waals surface area contributed by atoms with Gasteiger partial charge in [0.05, 0.1) is 22.1 Å². The predicted octanol–water partition coefficient (Wildman–Crippen LogP) is 5.11. The van der Waals surface area contributed by atoms with Gasteiger partial charge in [0.25, 0.3) is 10.0 Å². The van der Waals surface area contributed by atoms with Crippen molar-refractivity contribution in [1.29, 1.82) is 0 Å². The van der Waals surface area contributed by atoms with Gasteiger partial charge in [0.2, 0.25) is 0 Å². The van der Waals surface area contributed by atoms with Crippen LogP contribution in [0.15, 0.2) is 83.2 Å². The molecule has 0 amide bonds. The Morgan fingerprint density at radius 2 is 1.75 bits per heavy atom. The summed E-state index contributed by atoms with van der Waals surface area (Å²) in [5.74, 6) is 0. The third kappa shape index (κ3) is 3.96. The van der Waals surface area contributed by atoms with Gasteiger partial charge in [0.1, 0.15) is 10.6 Å². The maximum Gasteiger partial charge on any atom is 0.265 e. The molecule has 2 aromatic heterocycles. The van der Waals surface area contributed by atoms with Crippen LogP contribution in [-0.4, -0.2) is 18.2 Å². The number of thiophene rings is 1. The average molecular weight is 430 g/mol. The number of para-hydroxylation sites is 1. The number of nitrogens with zero attached hydrogens (tertiary/aromatic N) is 2. The quantitative estimate of drug-likeness (QED) is 0.463. The van der Waals surface area contributed by atoms with Gasteiger partial charge in [-0.05, 0) is 29.1 Å². The Morgan fingerprint density at radius 1 is 1.00 bits per heavy atom. The van der Waals surface area contributed by atoms with E-state index >= 15 is 0 Å². The molecule has 0 fully saturated rings. The van der Waals surface area contributed by atoms with Gasteiger partial charge in [-0.2, -0.15) is 5.10 Å². The van der Waals surface area contributed by atoms with Crippen LogP contribution in [0.5, 0.6) is 0 Å². The summed E-state index contributed by atoms with van der Waals surface area (Å²) < 4.78 is 30.5. The van der Waals surface area contributed by atoms with E-state index in [4.69, 9.17) is 11.6 Å². The molecule has 142 valence electrons. The first kappa shape index (κ1) is 18.7. The summed E-state index contributed by atoms with van der Waals surface area (Å²) in [7, 11) is -3.88. The van der Waals surface area contributed by atoms with E-state index in [0.29, 0.717) is 22.9 Å². The van der Waals surface area contributed by atoms with Crippen molar-refractivity contribution in [2.45, 2.75) is 11.4 Å². The molecule has 2 aromatic carbocycles. The van der Waals surface area contributed by atoms with E-state index in [-0.39, 0.29) is 4.90 Å². The minimum absolute atomic E-state index is 0.116. The van der Waals surface area contributed by atoms with Crippen molar-refractivity contribution in [3.63, 3.8) is 0 Å². The van der Waals surface area contributed by atoms with Gasteiger partial charge in [0, 0.05) is 6.20 Å². The monoisotopic (exact) mass is 429 g/mol. The zero-order valence-electron chi connectivity index (χ0n) is 14.6. The van der Waals surface area contributed by atoms with E-state index in [9.17, 15) is 8.42 Å². The van der Waals surface area contributed by atoms with Crippen molar-refractivity contribution in [2.75, 3.05) is 4.72 Å². The molecule has 0 saturated heterocycles. The van der Waals surface area contributed by atoms with Crippen LogP contribution in [0.3, 0.4) is 0 Å². The second-order valence-electron chi connectivity index (χ2n) is 6.09. The molecular formula is C20H16ClN3O2S2. The summed E-state index contributed by atoms with van der Waals surface area (Å²) in [4.78, 5) is 0.900. The van der Waals surface area contributed by atoms with E-state index in [1.54, 1.807) is 35.1 Å². The van der Waals surface area contributed by atoms with Crippen LogP contribution in [-0.2, 0) is 16.6 Å². The van der Waals surface area contributed by atoms with Crippen molar-refractivity contribution in [1.82, 2.24) is 9.78 Å². The zero-order chi connectivity index (χ0) is 19.6. The third-order valence-corrected chi connectivity index (χ3v) is 6.65. The lowest BCUT2D eigenvalue weighted by Gasteiger charge is -2.08. The first-order chi connectivity index (χ1) is 13.5. The number of halogens is 1. The van der Waals surface area contributed by atoms with E-state index in [2.05, 4.69) is 9.82 Å². The molecule has 5 nitrogen and oxygen atoms in total. The SMILES string of the molecule is O=S(=O)(Nc1ccccc1Cl)c1cn(Cc2ccccc2)nc1-c1cccs1. The lowest BCUT2D eigenvalue weighted by atomic mass is 10.2. The highest BCUT2D eigenvalue weighted by molar-refractivity contribution is 7.92. The molecule has 0 bridgehead atoms. The molecule has 0 atom stereocenters. The molecule has 0 saturated carbocycles. The molecule has 0 radical (unpaired) electrons. The molecule has 4 aromatic rings. The van der Waals surface area contributed by atoms with Crippen molar-refractivity contribution >= 4 is 38.6 Å². The summed E-state index contributed by atoms with van der Waals surface area (Å²) in [5.41, 5.74) is 1.79. The molecule has 0 spiro atoms. The fraction of sp³-hybridized carbons (Fsp3) is 0.0500. The van der Waals surface area contributed by atoms with Crippen LogP contribution < -0.4 is 4.72 Å². The summed E-state index contributed by atoms with van der Waals surface area (Å²) in [6, 6.07) is 20.2. The number of hydrogen-bond donors (Lipinski definition) is 1. The minimum atomic E-state index is -3.88. The maximum absolute atomic E-state index is 13.1. The van der Waals surface area contributed by atoms with Crippen molar-refractivity contribution in [2.24, 2.45) is 0 Å². The van der Waals surface area contributed by atoms with E-state index < -0.39 is 10.0 Å². The molecule has 2 heterocycles. The summed E-state index contributed by atoms with van der Waals surface area (Å²) in [6.45, 7) is 0.473. The molecule has 28 heavy (non-hydrogen) atoms. The highest BCUT2D eigenvalue weighted by Crippen LogP contribution is 2.32. The Morgan fingerprint density at radius 3 is 2.46 bits per heavy atom. The number of benzene rings is 2. The lowest BCUT2D eigenvalue weighted by Crippen LogP contribution is -2.13. The maximum atomic E-state index is 13.1. The Bertz CT molecular complexity index is 1190. The van der Waals surface area contributed by atoms with Crippen LogP contribution in [0.4, 0.5) is 5.69 Å². The molecule has 0 aliphatic heterocycles. The van der Waals surface area contributed by atoms with Gasteiger partial charge in [0.15, 0.2) is 0 Å². The van der Waals surface area contributed by atoms with Crippen LogP contribution in [0, 0.1) is 0 Å².